The quantitative estimate of drug-likeness (QED) is 0.700. The lowest BCUT2D eigenvalue weighted by atomic mass is 9.86. The van der Waals surface area contributed by atoms with Crippen LogP contribution in [0.4, 0.5) is 4.79 Å². The van der Waals surface area contributed by atoms with Crippen molar-refractivity contribution in [1.82, 2.24) is 5.32 Å². The molecule has 2 fully saturated rings. The second kappa shape index (κ2) is 7.74. The summed E-state index contributed by atoms with van der Waals surface area (Å²) in [6.07, 6.45) is 8.32. The van der Waals surface area contributed by atoms with Gasteiger partial charge in [-0.15, -0.1) is 0 Å². The second-order valence-electron chi connectivity index (χ2n) is 6.26. The first-order chi connectivity index (χ1) is 11.5. The van der Waals surface area contributed by atoms with Gasteiger partial charge in [0.15, 0.2) is 0 Å². The minimum absolute atomic E-state index is 0.194. The van der Waals surface area contributed by atoms with Crippen LogP contribution < -0.4 is 10.1 Å². The average Bonchev–Trinajstić information content (AvgIpc) is 2.88. The molecule has 1 aromatic carbocycles. The smallest absolute Gasteiger partial charge is 0.290 e. The van der Waals surface area contributed by atoms with Crippen LogP contribution in [-0.4, -0.2) is 17.3 Å². The number of benzene rings is 1. The minimum atomic E-state index is -0.340. The van der Waals surface area contributed by atoms with Crippen molar-refractivity contribution in [3.8, 4) is 5.75 Å². The Morgan fingerprint density at radius 3 is 2.67 bits per heavy atom. The molecule has 1 saturated heterocycles. The molecule has 1 heterocycles. The molecule has 0 bridgehead atoms. The Balaban J connectivity index is 1.69. The van der Waals surface area contributed by atoms with Gasteiger partial charge in [0.25, 0.3) is 11.1 Å². The van der Waals surface area contributed by atoms with Crippen molar-refractivity contribution in [2.24, 2.45) is 5.92 Å². The highest BCUT2D eigenvalue weighted by molar-refractivity contribution is 9.10. The summed E-state index contributed by atoms with van der Waals surface area (Å²) >= 11 is 4.47. The maximum Gasteiger partial charge on any atom is 0.290 e. The molecule has 3 rings (SSSR count). The molecular formula is C18H20BrNO3S. The van der Waals surface area contributed by atoms with Crippen molar-refractivity contribution in [3.63, 3.8) is 0 Å². The summed E-state index contributed by atoms with van der Waals surface area (Å²) < 4.78 is 7.00. The molecule has 6 heteroatoms. The van der Waals surface area contributed by atoms with Crippen LogP contribution in [0, 0.1) is 5.92 Å². The lowest BCUT2D eigenvalue weighted by Crippen LogP contribution is -2.25. The van der Waals surface area contributed by atoms with Crippen molar-refractivity contribution >= 4 is 44.9 Å². The van der Waals surface area contributed by atoms with Gasteiger partial charge in [0, 0.05) is 0 Å². The molecule has 0 spiro atoms. The Kier molecular flexibility index (Phi) is 5.66. The van der Waals surface area contributed by atoms with E-state index in [0.717, 1.165) is 27.5 Å². The first kappa shape index (κ1) is 17.5. The number of amides is 2. The van der Waals surface area contributed by atoms with Gasteiger partial charge in [-0.05, 0) is 77.1 Å². The SMILES string of the molecule is CC(Oc1ccc(C=C2SC(=O)NC2=O)cc1Br)C1CCCCC1. The average molecular weight is 410 g/mol. The molecule has 1 saturated carbocycles. The lowest BCUT2D eigenvalue weighted by molar-refractivity contribution is -0.115. The third-order valence-corrected chi connectivity index (χ3v) is 5.95. The summed E-state index contributed by atoms with van der Waals surface area (Å²) in [5.41, 5.74) is 0.854. The molecule has 1 unspecified atom stereocenters. The zero-order valence-electron chi connectivity index (χ0n) is 13.5. The maximum absolute atomic E-state index is 11.6. The molecule has 0 radical (unpaired) electrons. The summed E-state index contributed by atoms with van der Waals surface area (Å²) in [5, 5.41) is 1.93. The van der Waals surface area contributed by atoms with E-state index in [-0.39, 0.29) is 17.3 Å². The van der Waals surface area contributed by atoms with E-state index in [1.807, 2.05) is 18.2 Å². The molecule has 1 atom stereocenters. The monoisotopic (exact) mass is 409 g/mol. The highest BCUT2D eigenvalue weighted by atomic mass is 79.9. The predicted molar refractivity (Wildman–Crippen MR) is 99.9 cm³/mol. The largest absolute Gasteiger partial charge is 0.489 e. The number of carbonyl (C=O) groups excluding carboxylic acids is 2. The van der Waals surface area contributed by atoms with Crippen molar-refractivity contribution in [2.45, 2.75) is 45.1 Å². The van der Waals surface area contributed by atoms with E-state index in [2.05, 4.69) is 28.2 Å². The highest BCUT2D eigenvalue weighted by Gasteiger charge is 2.25. The van der Waals surface area contributed by atoms with Gasteiger partial charge in [-0.2, -0.15) is 0 Å². The number of nitrogens with one attached hydrogen (secondary N) is 1. The lowest BCUT2D eigenvalue weighted by Gasteiger charge is -2.28. The van der Waals surface area contributed by atoms with Crippen LogP contribution in [0.5, 0.6) is 5.75 Å². The fourth-order valence-corrected chi connectivity index (χ4v) is 4.35. The third kappa shape index (κ3) is 4.22. The zero-order chi connectivity index (χ0) is 17.1. The van der Waals surface area contributed by atoms with Crippen LogP contribution in [-0.2, 0) is 4.79 Å². The van der Waals surface area contributed by atoms with Gasteiger partial charge in [-0.3, -0.25) is 14.9 Å². The number of rotatable bonds is 4. The van der Waals surface area contributed by atoms with E-state index in [4.69, 9.17) is 4.74 Å². The zero-order valence-corrected chi connectivity index (χ0v) is 15.9. The van der Waals surface area contributed by atoms with Crippen LogP contribution in [0.3, 0.4) is 0 Å². The Morgan fingerprint density at radius 1 is 1.29 bits per heavy atom. The van der Waals surface area contributed by atoms with Gasteiger partial charge in [0.05, 0.1) is 15.5 Å². The summed E-state index contributed by atoms with van der Waals surface area (Å²) in [6.45, 7) is 2.14. The van der Waals surface area contributed by atoms with Gasteiger partial charge >= 0.3 is 0 Å². The second-order valence-corrected chi connectivity index (χ2v) is 8.13. The van der Waals surface area contributed by atoms with Gasteiger partial charge < -0.3 is 4.74 Å². The van der Waals surface area contributed by atoms with E-state index in [9.17, 15) is 9.59 Å². The Labute approximate surface area is 154 Å². The molecule has 128 valence electrons. The van der Waals surface area contributed by atoms with E-state index in [1.54, 1.807) is 6.08 Å². The number of halogens is 1. The third-order valence-electron chi connectivity index (χ3n) is 4.52. The highest BCUT2D eigenvalue weighted by Crippen LogP contribution is 2.33. The van der Waals surface area contributed by atoms with Crippen molar-refractivity contribution in [3.05, 3.63) is 33.1 Å². The number of ether oxygens (including phenoxy) is 1. The number of hydrogen-bond acceptors (Lipinski definition) is 4. The first-order valence-corrected chi connectivity index (χ1v) is 9.85. The minimum Gasteiger partial charge on any atom is -0.489 e. The van der Waals surface area contributed by atoms with Crippen LogP contribution in [0.1, 0.15) is 44.6 Å². The molecule has 1 aliphatic heterocycles. The van der Waals surface area contributed by atoms with E-state index < -0.39 is 0 Å². The van der Waals surface area contributed by atoms with Crippen LogP contribution >= 0.6 is 27.7 Å². The molecule has 4 nitrogen and oxygen atoms in total. The molecule has 2 aliphatic rings. The summed E-state index contributed by atoms with van der Waals surface area (Å²) in [6, 6.07) is 5.72. The number of hydrogen-bond donors (Lipinski definition) is 1. The molecule has 1 aliphatic carbocycles. The van der Waals surface area contributed by atoms with Crippen LogP contribution in [0.2, 0.25) is 0 Å². The van der Waals surface area contributed by atoms with Crippen molar-refractivity contribution in [1.29, 1.82) is 0 Å². The van der Waals surface area contributed by atoms with Gasteiger partial charge in [0.2, 0.25) is 0 Å². The summed E-state index contributed by atoms with van der Waals surface area (Å²) in [7, 11) is 0. The topological polar surface area (TPSA) is 55.4 Å². The number of imide groups is 1. The molecule has 2 amide bonds. The fraction of sp³-hybridized carbons (Fsp3) is 0.444. The number of thioether (sulfide) groups is 1. The van der Waals surface area contributed by atoms with Crippen LogP contribution in [0.15, 0.2) is 27.6 Å². The molecule has 1 N–H and O–H groups in total. The summed E-state index contributed by atoms with van der Waals surface area (Å²) in [5.74, 6) is 1.10. The fourth-order valence-electron chi connectivity index (χ4n) is 3.17. The van der Waals surface area contributed by atoms with Gasteiger partial charge in [-0.25, -0.2) is 0 Å². The number of carbonyl (C=O) groups is 2. The molecule has 1 aromatic rings. The predicted octanol–water partition coefficient (Wildman–Crippen LogP) is 5.12. The molecule has 24 heavy (non-hydrogen) atoms. The Morgan fingerprint density at radius 2 is 2.04 bits per heavy atom. The Bertz CT molecular complexity index is 683. The molecule has 0 aromatic heterocycles. The standard InChI is InChI=1S/C18H20BrNO3S/c1-11(13-5-3-2-4-6-13)23-15-8-7-12(9-14(15)19)10-16-17(21)20-18(22)24-16/h7-11,13H,2-6H2,1H3,(H,20,21,22). The first-order valence-electron chi connectivity index (χ1n) is 8.24. The van der Waals surface area contributed by atoms with Gasteiger partial charge in [-0.1, -0.05) is 25.3 Å². The van der Waals surface area contributed by atoms with Crippen molar-refractivity contribution < 1.29 is 14.3 Å². The molecular weight excluding hydrogens is 390 g/mol. The van der Waals surface area contributed by atoms with Crippen LogP contribution in [0.25, 0.3) is 6.08 Å². The maximum atomic E-state index is 11.6. The van der Waals surface area contributed by atoms with Gasteiger partial charge in [0.1, 0.15) is 5.75 Å². The van der Waals surface area contributed by atoms with E-state index >= 15 is 0 Å². The normalized spacial score (nSPS) is 21.8. The van der Waals surface area contributed by atoms with E-state index in [1.165, 1.54) is 32.1 Å². The Hall–Kier alpha value is -1.27. The summed E-state index contributed by atoms with van der Waals surface area (Å²) in [4.78, 5) is 23.2. The van der Waals surface area contributed by atoms with Crippen molar-refractivity contribution in [2.75, 3.05) is 0 Å². The van der Waals surface area contributed by atoms with E-state index in [0.29, 0.717) is 10.8 Å².